The fourth-order valence-corrected chi connectivity index (χ4v) is 5.67. The SMILES string of the molecule is COC(=O)c1cc(C)cc(C)c1.COC(=O)c1cc(CBr)cc(CBr)c1.COC(=O)c1cc(CC#N)cc(CC#N)c1.N#CCc1cc(CC#N)cc(C(=O)O)c1.O.[C-]#N.[K+].[Li+].[OH-]. The Hall–Kier alpha value is -4.68. The molecule has 4 rings (SSSR count). The van der Waals surface area contributed by atoms with Crippen LogP contribution in [0.3, 0.4) is 0 Å². The molecule has 0 bridgehead atoms. The van der Waals surface area contributed by atoms with Crippen LogP contribution in [0.25, 0.3) is 0 Å². The summed E-state index contributed by atoms with van der Waals surface area (Å²) in [6.07, 6.45) is 0.728. The summed E-state index contributed by atoms with van der Waals surface area (Å²) in [6, 6.07) is 28.8. The predicted molar refractivity (Wildman–Crippen MR) is 229 cm³/mol. The number of halogens is 2. The quantitative estimate of drug-likeness (QED) is 0.0776. The maximum atomic E-state index is 11.3. The van der Waals surface area contributed by atoms with Crippen LogP contribution < -0.4 is 70.2 Å². The fourth-order valence-electron chi connectivity index (χ4n) is 5.02. The smallest absolute Gasteiger partial charge is 0.870 e. The van der Waals surface area contributed by atoms with Crippen molar-refractivity contribution in [1.29, 1.82) is 26.3 Å². The van der Waals surface area contributed by atoms with E-state index >= 15 is 0 Å². The minimum atomic E-state index is -1.05. The number of hydrogen-bond acceptors (Lipinski definition) is 13. The van der Waals surface area contributed by atoms with E-state index in [1.54, 1.807) is 24.3 Å². The minimum absolute atomic E-state index is 0. The van der Waals surface area contributed by atoms with E-state index in [9.17, 15) is 19.2 Å². The average Bonchev–Trinajstić information content (AvgIpc) is 3.23. The number of rotatable bonds is 10. The number of aromatic carboxylic acids is 1. The van der Waals surface area contributed by atoms with Crippen molar-refractivity contribution in [1.82, 2.24) is 0 Å². The number of esters is 3. The number of carbonyl (C=O) groups is 4. The third-order valence-corrected chi connectivity index (χ3v) is 8.63. The van der Waals surface area contributed by atoms with Gasteiger partial charge >= 0.3 is 94.1 Å². The molecule has 0 saturated heterocycles. The van der Waals surface area contributed by atoms with Crippen LogP contribution in [-0.4, -0.2) is 61.3 Å². The van der Waals surface area contributed by atoms with Crippen molar-refractivity contribution in [2.75, 3.05) is 21.3 Å². The van der Waals surface area contributed by atoms with Gasteiger partial charge in [0.2, 0.25) is 0 Å². The molecule has 0 fully saturated rings. The summed E-state index contributed by atoms with van der Waals surface area (Å²) in [7, 11) is 4.07. The van der Waals surface area contributed by atoms with Crippen molar-refractivity contribution >= 4 is 55.7 Å². The summed E-state index contributed by atoms with van der Waals surface area (Å²) in [4.78, 5) is 44.5. The van der Waals surface area contributed by atoms with E-state index in [0.29, 0.717) is 27.8 Å². The molecule has 0 heterocycles. The zero-order chi connectivity index (χ0) is 44.9. The summed E-state index contributed by atoms with van der Waals surface area (Å²) in [5.41, 5.74) is 8.70. The summed E-state index contributed by atoms with van der Waals surface area (Å²) in [5, 5.41) is 50.7. The van der Waals surface area contributed by atoms with Gasteiger partial charge in [-0.3, -0.25) is 0 Å². The van der Waals surface area contributed by atoms with Crippen LogP contribution in [-0.2, 0) is 50.6 Å². The zero-order valence-corrected chi connectivity index (χ0v) is 42.2. The monoisotopic (exact) mass is 1010 g/mol. The van der Waals surface area contributed by atoms with E-state index in [4.69, 9.17) is 38.0 Å². The van der Waals surface area contributed by atoms with Crippen molar-refractivity contribution in [2.45, 2.75) is 50.2 Å². The molecule has 0 saturated carbocycles. The van der Waals surface area contributed by atoms with Crippen molar-refractivity contribution < 1.29 is 120 Å². The number of ether oxygens (including phenoxy) is 3. The van der Waals surface area contributed by atoms with E-state index in [1.807, 2.05) is 74.5 Å². The van der Waals surface area contributed by atoms with Crippen LogP contribution in [0.4, 0.5) is 0 Å². The second kappa shape index (κ2) is 39.0. The molecule has 0 spiro atoms. The molecule has 4 aromatic carbocycles. The Morgan fingerprint density at radius 1 is 0.524 bits per heavy atom. The van der Waals surface area contributed by atoms with Crippen LogP contribution >= 0.6 is 31.9 Å². The molecule has 15 nitrogen and oxygen atoms in total. The third kappa shape index (κ3) is 26.5. The summed E-state index contributed by atoms with van der Waals surface area (Å²) in [5.74, 6) is -2.08. The number of hydrogen-bond donors (Lipinski definition) is 1. The second-order valence-corrected chi connectivity index (χ2v) is 13.0. The summed E-state index contributed by atoms with van der Waals surface area (Å²) >= 11 is 6.72. The Labute approximate surface area is 439 Å². The van der Waals surface area contributed by atoms with Crippen LogP contribution in [0.2, 0.25) is 0 Å². The fraction of sp³-hybridized carbons (Fsp3) is 0.250. The van der Waals surface area contributed by atoms with Gasteiger partial charge in [-0.05, 0) is 95.8 Å². The van der Waals surface area contributed by atoms with Gasteiger partial charge in [0.25, 0.3) is 0 Å². The Morgan fingerprint density at radius 3 is 1.00 bits per heavy atom. The number of alkyl halides is 2. The van der Waals surface area contributed by atoms with Gasteiger partial charge in [0.05, 0.1) is 93.5 Å². The Kier molecular flexibility index (Phi) is 41.7. The van der Waals surface area contributed by atoms with Gasteiger partial charge in [-0.2, -0.15) is 21.0 Å². The minimum Gasteiger partial charge on any atom is -0.870 e. The molecule has 19 heteroatoms. The van der Waals surface area contributed by atoms with Crippen molar-refractivity contribution in [2.24, 2.45) is 0 Å². The first-order valence-electron chi connectivity index (χ1n) is 17.0. The van der Waals surface area contributed by atoms with E-state index < -0.39 is 11.9 Å². The molecule has 0 radical (unpaired) electrons. The van der Waals surface area contributed by atoms with Gasteiger partial charge in [0, 0.05) is 10.7 Å². The van der Waals surface area contributed by atoms with Gasteiger partial charge in [0.1, 0.15) is 0 Å². The molecule has 0 amide bonds. The van der Waals surface area contributed by atoms with Crippen LogP contribution in [0, 0.1) is 71.0 Å². The molecule has 4 N–H and O–H groups in total. The van der Waals surface area contributed by atoms with Gasteiger partial charge in [-0.1, -0.05) is 67.3 Å². The van der Waals surface area contributed by atoms with Crippen molar-refractivity contribution in [3.8, 4) is 24.3 Å². The third-order valence-electron chi connectivity index (χ3n) is 7.33. The van der Waals surface area contributed by atoms with Crippen LogP contribution in [0.1, 0.15) is 85.9 Å². The molecule has 0 aliphatic rings. The number of nitrogens with zero attached hydrogens (tertiary/aromatic N) is 5. The number of carboxylic acids is 1. The van der Waals surface area contributed by atoms with Crippen molar-refractivity contribution in [3.63, 3.8) is 0 Å². The van der Waals surface area contributed by atoms with E-state index in [0.717, 1.165) is 44.0 Å². The molecule has 0 aliphatic heterocycles. The van der Waals surface area contributed by atoms with E-state index in [-0.39, 0.29) is 124 Å². The Balaban J connectivity index is -0.000000230. The molecule has 320 valence electrons. The number of nitriles is 4. The number of benzene rings is 4. The number of methoxy groups -OCH3 is 3. The number of carbonyl (C=O) groups excluding carboxylic acids is 3. The summed E-state index contributed by atoms with van der Waals surface area (Å²) < 4.78 is 13.9. The first kappa shape index (κ1) is 67.4. The molecular weight excluding hydrogens is 964 g/mol. The molecular formula is C44H43Br2KLiN5O10. The molecule has 63 heavy (non-hydrogen) atoms. The normalized spacial score (nSPS) is 8.46. The second-order valence-electron chi connectivity index (χ2n) is 11.9. The Bertz CT molecular complexity index is 2170. The first-order chi connectivity index (χ1) is 28.2. The van der Waals surface area contributed by atoms with Gasteiger partial charge < -0.3 is 42.1 Å². The van der Waals surface area contributed by atoms with Gasteiger partial charge in [0.15, 0.2) is 0 Å². The van der Waals surface area contributed by atoms with Crippen LogP contribution in [0.15, 0.2) is 72.8 Å². The maximum absolute atomic E-state index is 11.3. The largest absolute Gasteiger partial charge is 1.00 e. The number of aryl methyl sites for hydroxylation is 2. The molecule has 4 aromatic rings. The molecule has 0 atom stereocenters. The average molecular weight is 1010 g/mol. The summed E-state index contributed by atoms with van der Waals surface area (Å²) in [6.45, 7) is 8.67. The molecule has 0 aliphatic carbocycles. The van der Waals surface area contributed by atoms with Gasteiger partial charge in [-0.15, -0.1) is 0 Å². The van der Waals surface area contributed by atoms with E-state index in [2.05, 4.69) is 46.1 Å². The van der Waals surface area contributed by atoms with Crippen molar-refractivity contribution in [3.05, 3.63) is 146 Å². The topological polar surface area (TPSA) is 297 Å². The van der Waals surface area contributed by atoms with Crippen LogP contribution in [0.5, 0.6) is 0 Å². The standard InChI is InChI=1S/C12H10N2O2.C11H8N2O2.C10H10Br2O2.C10H12O2.CN.K.Li.2H2O/c1-16-12(15)11-7-9(2-4-13)6-10(8-11)3-5-14;12-3-1-8-5-9(2-4-13)7-10(6-8)11(14)15;1-14-10(13)9-3-7(5-11)2-8(4-9)6-12;1-7-4-8(2)6-9(5-7)10(11)12-3;1-2;;;;/h6-8H,2-3H2,1H3;5-7H,1-2H2,(H,14,15);2-4H,5-6H2,1H3;4-6H,1-3H3;;;;2*1H2/q;;;;-1;2*+1;;/p-1. The first-order valence-corrected chi connectivity index (χ1v) is 19.2. The Morgan fingerprint density at radius 2 is 0.762 bits per heavy atom. The zero-order valence-electron chi connectivity index (χ0n) is 35.9. The van der Waals surface area contributed by atoms with Gasteiger partial charge in [-0.25, -0.2) is 19.2 Å². The maximum Gasteiger partial charge on any atom is 1.00 e. The predicted octanol–water partition coefficient (Wildman–Crippen LogP) is 1.58. The van der Waals surface area contributed by atoms with E-state index in [1.165, 1.54) is 33.5 Å². The molecule has 0 unspecified atom stereocenters. The molecule has 0 aromatic heterocycles. The number of carboxylic acid groups (broad SMARTS) is 1.